The molecule has 84 valence electrons. The first-order chi connectivity index (χ1) is 6.20. The monoisotopic (exact) mass is 247 g/mol. The van der Waals surface area contributed by atoms with Gasteiger partial charge in [0.1, 0.15) is 5.82 Å². The molecule has 0 spiro atoms. The van der Waals surface area contributed by atoms with Crippen molar-refractivity contribution < 1.29 is 0 Å². The van der Waals surface area contributed by atoms with Gasteiger partial charge in [0.05, 0.1) is 17.6 Å². The maximum atomic E-state index is 5.51. The summed E-state index contributed by atoms with van der Waals surface area (Å²) in [5, 5.41) is 0. The molecule has 5 heteroatoms. The van der Waals surface area contributed by atoms with E-state index in [0.29, 0.717) is 6.54 Å². The number of aryl methyl sites for hydroxylation is 2. The Morgan fingerprint density at radius 2 is 1.93 bits per heavy atom. The number of hydrogen-bond donors (Lipinski definition) is 2. The molecule has 3 nitrogen and oxygen atoms in total. The van der Waals surface area contributed by atoms with Crippen molar-refractivity contribution in [3.05, 3.63) is 29.1 Å². The molecule has 0 fully saturated rings. The minimum Gasteiger partial charge on any atom is -0.341 e. The van der Waals surface area contributed by atoms with Crippen LogP contribution in [-0.4, -0.2) is 9.97 Å². The number of nitrogens with one attached hydrogen (secondary N) is 1. The fourth-order valence-corrected chi connectivity index (χ4v) is 1.62. The van der Waals surface area contributed by atoms with Crippen LogP contribution in [0.25, 0.3) is 11.0 Å². The van der Waals surface area contributed by atoms with Crippen LogP contribution in [0.15, 0.2) is 12.1 Å². The van der Waals surface area contributed by atoms with Crippen LogP contribution in [-0.2, 0) is 6.54 Å². The summed E-state index contributed by atoms with van der Waals surface area (Å²) in [4.78, 5) is 7.58. The first-order valence-corrected chi connectivity index (χ1v) is 4.36. The molecule has 0 unspecified atom stereocenters. The standard InChI is InChI=1S/C10H13N3.2ClH/c1-6-3-7(2)10-8(4-6)12-9(5-11)13-10;;/h3-4H,5,11H2,1-2H3,(H,12,13);2*1H. The van der Waals surface area contributed by atoms with Crippen molar-refractivity contribution in [3.63, 3.8) is 0 Å². The van der Waals surface area contributed by atoms with Crippen molar-refractivity contribution in [2.24, 2.45) is 5.73 Å². The largest absolute Gasteiger partial charge is 0.341 e. The summed E-state index contributed by atoms with van der Waals surface area (Å²) in [5.74, 6) is 0.851. The summed E-state index contributed by atoms with van der Waals surface area (Å²) < 4.78 is 0. The number of aromatic nitrogens is 2. The Hall–Kier alpha value is -0.770. The highest BCUT2D eigenvalue weighted by atomic mass is 35.5. The van der Waals surface area contributed by atoms with Crippen LogP contribution >= 0.6 is 24.8 Å². The number of benzene rings is 1. The zero-order valence-electron chi connectivity index (χ0n) is 8.70. The predicted octanol–water partition coefficient (Wildman–Crippen LogP) is 2.48. The van der Waals surface area contributed by atoms with Gasteiger partial charge in [-0.15, -0.1) is 24.8 Å². The van der Waals surface area contributed by atoms with Crippen LogP contribution in [0.5, 0.6) is 0 Å². The second-order valence-corrected chi connectivity index (χ2v) is 3.37. The van der Waals surface area contributed by atoms with Crippen LogP contribution in [0.3, 0.4) is 0 Å². The molecule has 1 heterocycles. The lowest BCUT2D eigenvalue weighted by atomic mass is 10.1. The Morgan fingerprint density at radius 3 is 2.53 bits per heavy atom. The first kappa shape index (κ1) is 14.2. The highest BCUT2D eigenvalue weighted by molar-refractivity contribution is 5.85. The SMILES string of the molecule is Cc1cc(C)c2nc(CN)[nH]c2c1.Cl.Cl. The summed E-state index contributed by atoms with van der Waals surface area (Å²) in [6.45, 7) is 4.61. The number of nitrogens with zero attached hydrogens (tertiary/aromatic N) is 1. The van der Waals surface area contributed by atoms with Gasteiger partial charge in [-0.25, -0.2) is 4.98 Å². The highest BCUT2D eigenvalue weighted by Crippen LogP contribution is 2.17. The summed E-state index contributed by atoms with van der Waals surface area (Å²) >= 11 is 0. The average molecular weight is 248 g/mol. The van der Waals surface area contributed by atoms with Crippen LogP contribution in [0.1, 0.15) is 17.0 Å². The first-order valence-electron chi connectivity index (χ1n) is 4.36. The summed E-state index contributed by atoms with van der Waals surface area (Å²) in [7, 11) is 0. The van der Waals surface area contributed by atoms with Crippen molar-refractivity contribution in [3.8, 4) is 0 Å². The number of hydrogen-bond acceptors (Lipinski definition) is 2. The van der Waals surface area contributed by atoms with E-state index in [9.17, 15) is 0 Å². The topological polar surface area (TPSA) is 54.7 Å². The predicted molar refractivity (Wildman–Crippen MR) is 68.0 cm³/mol. The highest BCUT2D eigenvalue weighted by Gasteiger charge is 2.03. The zero-order chi connectivity index (χ0) is 9.42. The fraction of sp³-hybridized carbons (Fsp3) is 0.300. The van der Waals surface area contributed by atoms with Gasteiger partial charge in [0.25, 0.3) is 0 Å². The molecule has 0 bridgehead atoms. The van der Waals surface area contributed by atoms with E-state index in [4.69, 9.17) is 5.73 Å². The van der Waals surface area contributed by atoms with E-state index in [1.54, 1.807) is 0 Å². The quantitative estimate of drug-likeness (QED) is 0.814. The van der Waals surface area contributed by atoms with Gasteiger partial charge in [-0.05, 0) is 31.0 Å². The number of H-pyrrole nitrogens is 1. The van der Waals surface area contributed by atoms with Crippen molar-refractivity contribution in [1.82, 2.24) is 9.97 Å². The van der Waals surface area contributed by atoms with Gasteiger partial charge in [-0.2, -0.15) is 0 Å². The minimum atomic E-state index is 0. The molecular weight excluding hydrogens is 233 g/mol. The number of imidazole rings is 1. The zero-order valence-corrected chi connectivity index (χ0v) is 10.3. The lowest BCUT2D eigenvalue weighted by Gasteiger charge is -1.96. The van der Waals surface area contributed by atoms with Gasteiger partial charge in [0.2, 0.25) is 0 Å². The van der Waals surface area contributed by atoms with E-state index in [1.807, 2.05) is 0 Å². The second kappa shape index (κ2) is 5.35. The molecular formula is C10H15Cl2N3. The molecule has 0 amide bonds. The van der Waals surface area contributed by atoms with E-state index in [0.717, 1.165) is 16.9 Å². The van der Waals surface area contributed by atoms with Crippen LogP contribution < -0.4 is 5.73 Å². The summed E-state index contributed by atoms with van der Waals surface area (Å²) in [5.41, 5.74) is 10.1. The maximum Gasteiger partial charge on any atom is 0.121 e. The molecule has 0 atom stereocenters. The number of fused-ring (bicyclic) bond motifs is 1. The Balaban J connectivity index is 0.000000980. The van der Waals surface area contributed by atoms with E-state index in [-0.39, 0.29) is 24.8 Å². The summed E-state index contributed by atoms with van der Waals surface area (Å²) in [6, 6.07) is 4.22. The molecule has 3 N–H and O–H groups in total. The normalized spacial score (nSPS) is 9.53. The van der Waals surface area contributed by atoms with Gasteiger partial charge in [-0.3, -0.25) is 0 Å². The molecule has 1 aromatic heterocycles. The van der Waals surface area contributed by atoms with E-state index in [1.165, 1.54) is 11.1 Å². The molecule has 2 aromatic rings. The maximum absolute atomic E-state index is 5.51. The number of rotatable bonds is 1. The summed E-state index contributed by atoms with van der Waals surface area (Å²) in [6.07, 6.45) is 0. The third kappa shape index (κ3) is 2.62. The Morgan fingerprint density at radius 1 is 1.27 bits per heavy atom. The van der Waals surface area contributed by atoms with Crippen molar-refractivity contribution in [1.29, 1.82) is 0 Å². The van der Waals surface area contributed by atoms with E-state index >= 15 is 0 Å². The number of nitrogens with two attached hydrogens (primary N) is 1. The van der Waals surface area contributed by atoms with Crippen molar-refractivity contribution >= 4 is 35.8 Å². The van der Waals surface area contributed by atoms with Gasteiger partial charge < -0.3 is 10.7 Å². The molecule has 2 rings (SSSR count). The van der Waals surface area contributed by atoms with Crippen LogP contribution in [0.2, 0.25) is 0 Å². The van der Waals surface area contributed by atoms with Crippen molar-refractivity contribution in [2.45, 2.75) is 20.4 Å². The molecule has 0 radical (unpaired) electrons. The molecule has 0 aliphatic carbocycles. The number of aromatic amines is 1. The van der Waals surface area contributed by atoms with Gasteiger partial charge in [0.15, 0.2) is 0 Å². The Kier molecular flexibility index (Phi) is 5.08. The lowest BCUT2D eigenvalue weighted by Crippen LogP contribution is -1.97. The second-order valence-electron chi connectivity index (χ2n) is 3.37. The van der Waals surface area contributed by atoms with Crippen LogP contribution in [0.4, 0.5) is 0 Å². The molecule has 0 aliphatic heterocycles. The smallest absolute Gasteiger partial charge is 0.121 e. The lowest BCUT2D eigenvalue weighted by molar-refractivity contribution is 0.958. The molecule has 0 saturated heterocycles. The van der Waals surface area contributed by atoms with E-state index in [2.05, 4.69) is 35.9 Å². The van der Waals surface area contributed by atoms with E-state index < -0.39 is 0 Å². The molecule has 1 aromatic carbocycles. The van der Waals surface area contributed by atoms with Crippen LogP contribution in [0, 0.1) is 13.8 Å². The van der Waals surface area contributed by atoms with Crippen molar-refractivity contribution in [2.75, 3.05) is 0 Å². The fourth-order valence-electron chi connectivity index (χ4n) is 1.62. The Labute approximate surface area is 101 Å². The number of halogens is 2. The Bertz CT molecular complexity index is 451. The molecule has 0 saturated carbocycles. The van der Waals surface area contributed by atoms with Gasteiger partial charge in [0, 0.05) is 0 Å². The third-order valence-electron chi connectivity index (χ3n) is 2.16. The van der Waals surface area contributed by atoms with Gasteiger partial charge >= 0.3 is 0 Å². The minimum absolute atomic E-state index is 0. The van der Waals surface area contributed by atoms with Gasteiger partial charge in [-0.1, -0.05) is 6.07 Å². The molecule has 0 aliphatic rings. The molecule has 15 heavy (non-hydrogen) atoms. The average Bonchev–Trinajstić information content (AvgIpc) is 2.47. The third-order valence-corrected chi connectivity index (χ3v) is 2.16.